The lowest BCUT2D eigenvalue weighted by Gasteiger charge is -2.13. The monoisotopic (exact) mass is 253 g/mol. The first-order valence-electron chi connectivity index (χ1n) is 5.42. The Hall–Kier alpha value is -2.11. The molecule has 0 heterocycles. The summed E-state index contributed by atoms with van der Waals surface area (Å²) in [5.41, 5.74) is -0.162. The van der Waals surface area contributed by atoms with Gasteiger partial charge in [0.25, 0.3) is 0 Å². The van der Waals surface area contributed by atoms with Gasteiger partial charge in [-0.05, 0) is 26.0 Å². The number of ketones is 1. The van der Waals surface area contributed by atoms with Gasteiger partial charge in [-0.25, -0.2) is 0 Å². The highest BCUT2D eigenvalue weighted by Crippen LogP contribution is 2.31. The van der Waals surface area contributed by atoms with Crippen molar-refractivity contribution < 1.29 is 19.2 Å². The number of carbonyl (C=O) groups excluding carboxylic acids is 1. The minimum absolute atomic E-state index is 0.00510. The van der Waals surface area contributed by atoms with Gasteiger partial charge in [0, 0.05) is 6.42 Å². The van der Waals surface area contributed by atoms with Crippen molar-refractivity contribution in [3.05, 3.63) is 28.3 Å². The van der Waals surface area contributed by atoms with Crippen molar-refractivity contribution in [2.24, 2.45) is 0 Å². The van der Waals surface area contributed by atoms with Crippen molar-refractivity contribution in [1.82, 2.24) is 0 Å². The van der Waals surface area contributed by atoms with Gasteiger partial charge in [0.15, 0.2) is 5.75 Å². The zero-order valence-electron chi connectivity index (χ0n) is 10.5. The molecular weight excluding hydrogens is 238 g/mol. The molecule has 0 amide bonds. The van der Waals surface area contributed by atoms with Gasteiger partial charge in [-0.15, -0.1) is 0 Å². The smallest absolute Gasteiger partial charge is 0.314 e. The van der Waals surface area contributed by atoms with E-state index in [2.05, 4.69) is 0 Å². The first kappa shape index (κ1) is 14.0. The topological polar surface area (TPSA) is 78.7 Å². The highest BCUT2D eigenvalue weighted by atomic mass is 16.6. The summed E-state index contributed by atoms with van der Waals surface area (Å²) in [7, 11) is 1.36. The summed E-state index contributed by atoms with van der Waals surface area (Å²) in [6.45, 7) is 3.20. The average Bonchev–Trinajstić information content (AvgIpc) is 2.27. The van der Waals surface area contributed by atoms with E-state index in [1.54, 1.807) is 13.0 Å². The van der Waals surface area contributed by atoms with Crippen LogP contribution in [0.5, 0.6) is 11.5 Å². The molecule has 0 radical (unpaired) electrons. The van der Waals surface area contributed by atoms with Gasteiger partial charge < -0.3 is 9.47 Å². The quantitative estimate of drug-likeness (QED) is 0.574. The van der Waals surface area contributed by atoms with Crippen LogP contribution in [-0.2, 0) is 4.79 Å². The number of hydrogen-bond donors (Lipinski definition) is 0. The maximum Gasteiger partial charge on any atom is 0.314 e. The summed E-state index contributed by atoms with van der Waals surface area (Å²) in [6, 6.07) is 4.33. The zero-order valence-corrected chi connectivity index (χ0v) is 10.5. The second-order valence-corrected chi connectivity index (χ2v) is 3.93. The molecule has 98 valence electrons. The van der Waals surface area contributed by atoms with Gasteiger partial charge in [0.2, 0.25) is 0 Å². The van der Waals surface area contributed by atoms with Gasteiger partial charge in [-0.3, -0.25) is 14.9 Å². The largest absolute Gasteiger partial charge is 0.490 e. The molecule has 0 aliphatic rings. The third-order valence-electron chi connectivity index (χ3n) is 2.26. The van der Waals surface area contributed by atoms with Gasteiger partial charge in [0.05, 0.1) is 18.1 Å². The number of Topliss-reactive ketones (excluding diaryl/α,β-unsaturated/α-hetero) is 1. The molecule has 0 N–H and O–H groups in total. The number of carbonyl (C=O) groups is 1. The van der Waals surface area contributed by atoms with Crippen LogP contribution in [0, 0.1) is 10.1 Å². The minimum Gasteiger partial charge on any atom is -0.490 e. The van der Waals surface area contributed by atoms with Crippen LogP contribution in [-0.4, -0.2) is 23.9 Å². The molecule has 0 aliphatic carbocycles. The molecule has 6 heteroatoms. The van der Waals surface area contributed by atoms with E-state index >= 15 is 0 Å². The van der Waals surface area contributed by atoms with E-state index in [4.69, 9.17) is 9.47 Å². The van der Waals surface area contributed by atoms with Crippen LogP contribution < -0.4 is 9.47 Å². The van der Waals surface area contributed by atoms with Gasteiger partial charge in [0.1, 0.15) is 17.6 Å². The van der Waals surface area contributed by atoms with Crippen LogP contribution in [0.15, 0.2) is 18.2 Å². The van der Waals surface area contributed by atoms with Crippen molar-refractivity contribution in [3.63, 3.8) is 0 Å². The molecule has 1 aromatic rings. The van der Waals surface area contributed by atoms with E-state index in [0.717, 1.165) is 0 Å². The maximum atomic E-state index is 10.9. The Kier molecular flexibility index (Phi) is 4.65. The first-order chi connectivity index (χ1) is 8.43. The average molecular weight is 253 g/mol. The normalized spacial score (nSPS) is 11.7. The summed E-state index contributed by atoms with van der Waals surface area (Å²) in [5.74, 6) is 0.522. The lowest BCUT2D eigenvalue weighted by atomic mass is 10.2. The van der Waals surface area contributed by atoms with Gasteiger partial charge in [-0.2, -0.15) is 0 Å². The fourth-order valence-electron chi connectivity index (χ4n) is 1.56. The Balaban J connectivity index is 2.88. The molecule has 0 spiro atoms. The fraction of sp³-hybridized carbons (Fsp3) is 0.417. The summed E-state index contributed by atoms with van der Waals surface area (Å²) in [4.78, 5) is 21.2. The number of nitro groups is 1. The Bertz CT molecular complexity index is 458. The Morgan fingerprint density at radius 2 is 2.17 bits per heavy atom. The number of nitro benzene ring substituents is 1. The number of rotatable bonds is 6. The molecule has 0 fully saturated rings. The van der Waals surface area contributed by atoms with Crippen molar-refractivity contribution in [1.29, 1.82) is 0 Å². The molecule has 0 aromatic heterocycles. The Morgan fingerprint density at radius 3 is 2.67 bits per heavy atom. The molecule has 6 nitrogen and oxygen atoms in total. The van der Waals surface area contributed by atoms with E-state index in [-0.39, 0.29) is 29.7 Å². The van der Waals surface area contributed by atoms with E-state index in [9.17, 15) is 14.9 Å². The molecule has 0 saturated carbocycles. The Morgan fingerprint density at radius 1 is 1.50 bits per heavy atom. The van der Waals surface area contributed by atoms with Crippen LogP contribution >= 0.6 is 0 Å². The van der Waals surface area contributed by atoms with Crippen LogP contribution in [0.3, 0.4) is 0 Å². The van der Waals surface area contributed by atoms with Crippen molar-refractivity contribution in [3.8, 4) is 11.5 Å². The van der Waals surface area contributed by atoms with Crippen LogP contribution in [0.4, 0.5) is 5.69 Å². The molecule has 18 heavy (non-hydrogen) atoms. The van der Waals surface area contributed by atoms with Crippen LogP contribution in [0.2, 0.25) is 0 Å². The van der Waals surface area contributed by atoms with E-state index in [0.29, 0.717) is 5.75 Å². The van der Waals surface area contributed by atoms with Crippen molar-refractivity contribution >= 4 is 11.5 Å². The highest BCUT2D eigenvalue weighted by molar-refractivity contribution is 5.75. The van der Waals surface area contributed by atoms with Gasteiger partial charge in [-0.1, -0.05) is 0 Å². The summed E-state index contributed by atoms with van der Waals surface area (Å²) in [5, 5.41) is 10.8. The van der Waals surface area contributed by atoms with Crippen LogP contribution in [0.25, 0.3) is 0 Å². The van der Waals surface area contributed by atoms with E-state index in [1.807, 2.05) is 0 Å². The first-order valence-corrected chi connectivity index (χ1v) is 5.42. The third-order valence-corrected chi connectivity index (χ3v) is 2.26. The molecule has 0 bridgehead atoms. The lowest BCUT2D eigenvalue weighted by Crippen LogP contribution is -2.15. The maximum absolute atomic E-state index is 10.9. The summed E-state index contributed by atoms with van der Waals surface area (Å²) >= 11 is 0. The summed E-state index contributed by atoms with van der Waals surface area (Å²) < 4.78 is 10.3. The fourth-order valence-corrected chi connectivity index (χ4v) is 1.56. The minimum atomic E-state index is -0.540. The molecule has 0 aliphatic heterocycles. The molecule has 1 atom stereocenters. The molecule has 1 rings (SSSR count). The lowest BCUT2D eigenvalue weighted by molar-refractivity contribution is -0.385. The predicted octanol–water partition coefficient (Wildman–Crippen LogP) is 2.35. The summed E-state index contributed by atoms with van der Waals surface area (Å²) in [6.07, 6.45) is -0.0599. The van der Waals surface area contributed by atoms with E-state index < -0.39 is 4.92 Å². The molecular formula is C12H15NO5. The van der Waals surface area contributed by atoms with Crippen molar-refractivity contribution in [2.45, 2.75) is 26.4 Å². The molecule has 0 saturated heterocycles. The number of ether oxygens (including phenoxy) is 2. The highest BCUT2D eigenvalue weighted by Gasteiger charge is 2.17. The second kappa shape index (κ2) is 6.00. The van der Waals surface area contributed by atoms with Gasteiger partial charge >= 0.3 is 5.69 Å². The van der Waals surface area contributed by atoms with Crippen molar-refractivity contribution in [2.75, 3.05) is 7.11 Å². The number of nitrogens with zero attached hydrogens (tertiary/aromatic N) is 1. The second-order valence-electron chi connectivity index (χ2n) is 3.93. The number of hydrogen-bond acceptors (Lipinski definition) is 5. The standard InChI is InChI=1S/C12H15NO5/c1-8(14)6-9(2)18-10-4-5-12(17-3)11(7-10)13(15)16/h4-5,7,9H,6H2,1-3H3. The predicted molar refractivity (Wildman–Crippen MR) is 65.0 cm³/mol. The Labute approximate surface area is 105 Å². The third kappa shape index (κ3) is 3.73. The van der Waals surface area contributed by atoms with Crippen LogP contribution in [0.1, 0.15) is 20.3 Å². The SMILES string of the molecule is COc1ccc(OC(C)CC(C)=O)cc1[N+](=O)[O-]. The number of benzene rings is 1. The molecule has 1 aromatic carbocycles. The van der Waals surface area contributed by atoms with E-state index in [1.165, 1.54) is 26.2 Å². The molecule has 1 unspecified atom stereocenters. The number of methoxy groups -OCH3 is 1. The zero-order chi connectivity index (χ0) is 13.7.